The molecule has 0 aromatic heterocycles. The lowest BCUT2D eigenvalue weighted by atomic mass is 9.80. The second-order valence-electron chi connectivity index (χ2n) is 6.00. The number of amides is 1. The van der Waals surface area contributed by atoms with Gasteiger partial charge in [-0.05, 0) is 44.9 Å². The molecule has 2 N–H and O–H groups in total. The number of rotatable bonds is 4. The predicted molar refractivity (Wildman–Crippen MR) is 69.9 cm³/mol. The monoisotopic (exact) mass is 292 g/mol. The van der Waals surface area contributed by atoms with Crippen LogP contribution in [0, 0.1) is 11.8 Å². The highest BCUT2D eigenvalue weighted by Crippen LogP contribution is 2.40. The molecule has 116 valence electrons. The normalized spacial score (nSPS) is 28.0. The summed E-state index contributed by atoms with van der Waals surface area (Å²) in [4.78, 5) is 14.3. The fourth-order valence-electron chi connectivity index (χ4n) is 3.21. The largest absolute Gasteiger partial charge is 0.391 e. The SMILES string of the molecule is NCCN(C(=O)C1CCC(C(F)(F)F)CC1)C1CCC1. The summed E-state index contributed by atoms with van der Waals surface area (Å²) in [5.74, 6) is -1.43. The highest BCUT2D eigenvalue weighted by atomic mass is 19.4. The average molecular weight is 292 g/mol. The van der Waals surface area contributed by atoms with Gasteiger partial charge in [0, 0.05) is 25.0 Å². The maximum absolute atomic E-state index is 12.6. The van der Waals surface area contributed by atoms with Gasteiger partial charge in [-0.3, -0.25) is 4.79 Å². The van der Waals surface area contributed by atoms with Gasteiger partial charge in [0.25, 0.3) is 0 Å². The Morgan fingerprint density at radius 2 is 1.70 bits per heavy atom. The standard InChI is InChI=1S/C14H23F3N2O/c15-14(16,17)11-6-4-10(5-7-11)13(20)19(9-8-18)12-2-1-3-12/h10-12H,1-9,18H2. The van der Waals surface area contributed by atoms with Crippen molar-refractivity contribution in [2.45, 2.75) is 57.2 Å². The van der Waals surface area contributed by atoms with E-state index in [1.54, 1.807) is 0 Å². The molecular formula is C14H23F3N2O. The van der Waals surface area contributed by atoms with Gasteiger partial charge in [0.2, 0.25) is 5.91 Å². The Balaban J connectivity index is 1.89. The van der Waals surface area contributed by atoms with Crippen LogP contribution in [-0.2, 0) is 4.79 Å². The van der Waals surface area contributed by atoms with Crippen molar-refractivity contribution in [3.63, 3.8) is 0 Å². The maximum atomic E-state index is 12.6. The van der Waals surface area contributed by atoms with Crippen LogP contribution in [0.1, 0.15) is 44.9 Å². The predicted octanol–water partition coefficient (Wildman–Crippen LogP) is 2.69. The second kappa shape index (κ2) is 6.33. The van der Waals surface area contributed by atoms with E-state index in [1.165, 1.54) is 0 Å². The van der Waals surface area contributed by atoms with Crippen molar-refractivity contribution in [1.82, 2.24) is 4.90 Å². The zero-order chi connectivity index (χ0) is 14.8. The van der Waals surface area contributed by atoms with Gasteiger partial charge in [-0.2, -0.15) is 13.2 Å². The molecule has 2 saturated carbocycles. The molecule has 0 unspecified atom stereocenters. The van der Waals surface area contributed by atoms with Crippen LogP contribution in [0.2, 0.25) is 0 Å². The topological polar surface area (TPSA) is 46.3 Å². The van der Waals surface area contributed by atoms with Gasteiger partial charge >= 0.3 is 6.18 Å². The number of halogens is 3. The molecule has 0 spiro atoms. The zero-order valence-electron chi connectivity index (χ0n) is 11.7. The molecule has 0 radical (unpaired) electrons. The minimum Gasteiger partial charge on any atom is -0.338 e. The fraction of sp³-hybridized carbons (Fsp3) is 0.929. The first-order valence-electron chi connectivity index (χ1n) is 7.50. The Labute approximate surface area is 117 Å². The molecule has 0 aliphatic heterocycles. The van der Waals surface area contributed by atoms with E-state index in [1.807, 2.05) is 4.90 Å². The van der Waals surface area contributed by atoms with Gasteiger partial charge in [-0.1, -0.05) is 0 Å². The summed E-state index contributed by atoms with van der Waals surface area (Å²) in [6.45, 7) is 0.947. The highest BCUT2D eigenvalue weighted by Gasteiger charge is 2.43. The lowest BCUT2D eigenvalue weighted by molar-refractivity contribution is -0.185. The molecule has 2 rings (SSSR count). The molecule has 6 heteroatoms. The van der Waals surface area contributed by atoms with Crippen LogP contribution in [-0.4, -0.2) is 36.1 Å². The quantitative estimate of drug-likeness (QED) is 0.866. The Morgan fingerprint density at radius 3 is 2.10 bits per heavy atom. The third-order valence-corrected chi connectivity index (χ3v) is 4.71. The van der Waals surface area contributed by atoms with Gasteiger partial charge in [0.05, 0.1) is 5.92 Å². The van der Waals surface area contributed by atoms with Crippen LogP contribution in [0.4, 0.5) is 13.2 Å². The number of hydrogen-bond donors (Lipinski definition) is 1. The van der Waals surface area contributed by atoms with Crippen molar-refractivity contribution >= 4 is 5.91 Å². The fourth-order valence-corrected chi connectivity index (χ4v) is 3.21. The van der Waals surface area contributed by atoms with Gasteiger partial charge < -0.3 is 10.6 Å². The van der Waals surface area contributed by atoms with E-state index in [9.17, 15) is 18.0 Å². The molecule has 2 aliphatic carbocycles. The summed E-state index contributed by atoms with van der Waals surface area (Å²) in [7, 11) is 0. The van der Waals surface area contributed by atoms with Crippen LogP contribution >= 0.6 is 0 Å². The third-order valence-electron chi connectivity index (χ3n) is 4.71. The molecule has 2 fully saturated rings. The van der Waals surface area contributed by atoms with E-state index in [4.69, 9.17) is 5.73 Å². The summed E-state index contributed by atoms with van der Waals surface area (Å²) in [6.07, 6.45) is -0.0955. The first kappa shape index (κ1) is 15.6. The van der Waals surface area contributed by atoms with Crippen LogP contribution in [0.5, 0.6) is 0 Å². The van der Waals surface area contributed by atoms with E-state index in [0.717, 1.165) is 19.3 Å². The zero-order valence-corrected chi connectivity index (χ0v) is 11.7. The lowest BCUT2D eigenvalue weighted by Crippen LogP contribution is -2.49. The average Bonchev–Trinajstić information content (AvgIpc) is 2.34. The Morgan fingerprint density at radius 1 is 1.10 bits per heavy atom. The summed E-state index contributed by atoms with van der Waals surface area (Å²) in [5.41, 5.74) is 5.55. The number of nitrogens with zero attached hydrogens (tertiary/aromatic N) is 1. The highest BCUT2D eigenvalue weighted by molar-refractivity contribution is 5.79. The molecule has 3 nitrogen and oxygen atoms in total. The molecule has 0 aromatic rings. The minimum atomic E-state index is -4.11. The molecule has 1 amide bonds. The van der Waals surface area contributed by atoms with Gasteiger partial charge in [0.1, 0.15) is 0 Å². The summed E-state index contributed by atoms with van der Waals surface area (Å²) < 4.78 is 37.9. The smallest absolute Gasteiger partial charge is 0.338 e. The van der Waals surface area contributed by atoms with E-state index in [0.29, 0.717) is 25.9 Å². The van der Waals surface area contributed by atoms with Crippen molar-refractivity contribution in [1.29, 1.82) is 0 Å². The molecule has 2 aliphatic rings. The van der Waals surface area contributed by atoms with E-state index >= 15 is 0 Å². The van der Waals surface area contributed by atoms with Crippen LogP contribution in [0.3, 0.4) is 0 Å². The first-order chi connectivity index (χ1) is 9.43. The van der Waals surface area contributed by atoms with Crippen molar-refractivity contribution < 1.29 is 18.0 Å². The van der Waals surface area contributed by atoms with Gasteiger partial charge in [0.15, 0.2) is 0 Å². The number of carbonyl (C=O) groups excluding carboxylic acids is 1. The van der Waals surface area contributed by atoms with Crippen LogP contribution in [0.25, 0.3) is 0 Å². The molecular weight excluding hydrogens is 269 g/mol. The molecule has 0 bridgehead atoms. The Hall–Kier alpha value is -0.780. The number of alkyl halides is 3. The van der Waals surface area contributed by atoms with Crippen molar-refractivity contribution in [2.24, 2.45) is 17.6 Å². The molecule has 20 heavy (non-hydrogen) atoms. The molecule has 0 aromatic carbocycles. The number of hydrogen-bond acceptors (Lipinski definition) is 2. The summed E-state index contributed by atoms with van der Waals surface area (Å²) >= 11 is 0. The maximum Gasteiger partial charge on any atom is 0.391 e. The van der Waals surface area contributed by atoms with Gasteiger partial charge in [-0.15, -0.1) is 0 Å². The summed E-state index contributed by atoms with van der Waals surface area (Å²) in [5, 5.41) is 0. The van der Waals surface area contributed by atoms with Crippen molar-refractivity contribution in [2.75, 3.05) is 13.1 Å². The van der Waals surface area contributed by atoms with Gasteiger partial charge in [-0.25, -0.2) is 0 Å². The number of nitrogens with two attached hydrogens (primary N) is 1. The van der Waals surface area contributed by atoms with E-state index in [-0.39, 0.29) is 30.7 Å². The molecule has 0 saturated heterocycles. The second-order valence-corrected chi connectivity index (χ2v) is 6.00. The Kier molecular flexibility index (Phi) is 4.94. The first-order valence-corrected chi connectivity index (χ1v) is 7.50. The number of carbonyl (C=O) groups is 1. The summed E-state index contributed by atoms with van der Waals surface area (Å²) in [6, 6.07) is 0.270. The Bertz CT molecular complexity index is 334. The third kappa shape index (κ3) is 3.45. The van der Waals surface area contributed by atoms with E-state index < -0.39 is 12.1 Å². The molecule has 0 heterocycles. The van der Waals surface area contributed by atoms with Crippen LogP contribution < -0.4 is 5.73 Å². The lowest BCUT2D eigenvalue weighted by Gasteiger charge is -2.40. The van der Waals surface area contributed by atoms with E-state index in [2.05, 4.69) is 0 Å². The molecule has 0 atom stereocenters. The van der Waals surface area contributed by atoms with Crippen LogP contribution in [0.15, 0.2) is 0 Å². The van der Waals surface area contributed by atoms with Crippen molar-refractivity contribution in [3.8, 4) is 0 Å². The minimum absolute atomic E-state index is 0.0285. The van der Waals surface area contributed by atoms with Crippen molar-refractivity contribution in [3.05, 3.63) is 0 Å².